The van der Waals surface area contributed by atoms with Gasteiger partial charge in [-0.15, -0.1) is 0 Å². The lowest BCUT2D eigenvalue weighted by atomic mass is 10.1. The van der Waals surface area contributed by atoms with Gasteiger partial charge in [0.1, 0.15) is 23.4 Å². The number of anilines is 1. The molecule has 3 nitrogen and oxygen atoms in total. The number of hydrogen-bond donors (Lipinski definition) is 1. The van der Waals surface area contributed by atoms with E-state index < -0.39 is 11.6 Å². The van der Waals surface area contributed by atoms with Crippen molar-refractivity contribution in [3.8, 4) is 0 Å². The van der Waals surface area contributed by atoms with Crippen molar-refractivity contribution in [3.63, 3.8) is 0 Å². The molecule has 82 valence electrons. The van der Waals surface area contributed by atoms with Gasteiger partial charge in [0.05, 0.1) is 0 Å². The van der Waals surface area contributed by atoms with E-state index in [1.807, 2.05) is 0 Å². The third-order valence-corrected chi connectivity index (χ3v) is 2.33. The molecule has 2 atom stereocenters. The van der Waals surface area contributed by atoms with Crippen molar-refractivity contribution in [2.24, 2.45) is 0 Å². The topological polar surface area (TPSA) is 33.8 Å². The van der Waals surface area contributed by atoms with E-state index in [-0.39, 0.29) is 18.1 Å². The van der Waals surface area contributed by atoms with Crippen LogP contribution in [0.5, 0.6) is 0 Å². The molecule has 0 aromatic heterocycles. The Morgan fingerprint density at radius 3 is 2.33 bits per heavy atom. The second-order valence-corrected chi connectivity index (χ2v) is 3.27. The minimum Gasteiger partial charge on any atom is -0.383 e. The van der Waals surface area contributed by atoms with Crippen LogP contribution in [-0.2, 0) is 9.47 Å². The van der Waals surface area contributed by atoms with Crippen LogP contribution in [0.25, 0.3) is 0 Å². The minimum absolute atomic E-state index is 0.131. The summed E-state index contributed by atoms with van der Waals surface area (Å²) >= 11 is 0. The van der Waals surface area contributed by atoms with Gasteiger partial charge in [-0.2, -0.15) is 0 Å². The van der Waals surface area contributed by atoms with Crippen molar-refractivity contribution < 1.29 is 18.3 Å². The third kappa shape index (κ3) is 1.80. The van der Waals surface area contributed by atoms with Crippen LogP contribution < -0.4 is 5.32 Å². The van der Waals surface area contributed by atoms with Gasteiger partial charge < -0.3 is 14.8 Å². The third-order valence-electron chi connectivity index (χ3n) is 2.33. The van der Waals surface area contributed by atoms with Crippen LogP contribution >= 0.6 is 0 Å². The zero-order valence-corrected chi connectivity index (χ0v) is 8.38. The van der Waals surface area contributed by atoms with E-state index in [2.05, 4.69) is 5.32 Å². The smallest absolute Gasteiger partial charge is 0.188 e. The molecule has 2 unspecified atom stereocenters. The van der Waals surface area contributed by atoms with Gasteiger partial charge in [0.15, 0.2) is 6.29 Å². The molecule has 1 fully saturated rings. The highest BCUT2D eigenvalue weighted by Gasteiger charge is 2.41. The van der Waals surface area contributed by atoms with Crippen molar-refractivity contribution in [1.29, 1.82) is 0 Å². The molecule has 15 heavy (non-hydrogen) atoms. The molecule has 0 bridgehead atoms. The second kappa shape index (κ2) is 3.75. The molecule has 0 saturated carbocycles. The van der Waals surface area contributed by atoms with E-state index in [4.69, 9.17) is 9.47 Å². The fourth-order valence-corrected chi connectivity index (χ4v) is 1.51. The van der Waals surface area contributed by atoms with Gasteiger partial charge in [0.2, 0.25) is 0 Å². The molecule has 0 spiro atoms. The molecular formula is C10H11F2NO2. The maximum absolute atomic E-state index is 13.3. The standard InChI is InChI=1S/C10H11F2NO2/c1-13-8-6(11)3-5(4-7(8)12)9-10(14-2)15-9/h3-4,9-10,13H,1-2H3. The number of nitrogens with one attached hydrogen (secondary N) is 1. The summed E-state index contributed by atoms with van der Waals surface area (Å²) in [7, 11) is 2.95. The quantitative estimate of drug-likeness (QED) is 0.783. The number of epoxide rings is 1. The Bertz CT molecular complexity index is 361. The first kappa shape index (κ1) is 10.3. The average Bonchev–Trinajstić information content (AvgIpc) is 2.96. The first-order valence-corrected chi connectivity index (χ1v) is 4.52. The largest absolute Gasteiger partial charge is 0.383 e. The van der Waals surface area contributed by atoms with E-state index in [0.717, 1.165) is 0 Å². The zero-order valence-electron chi connectivity index (χ0n) is 8.38. The normalized spacial score (nSPS) is 24.0. The van der Waals surface area contributed by atoms with Crippen LogP contribution in [0.15, 0.2) is 12.1 Å². The van der Waals surface area contributed by atoms with Crippen LogP contribution in [0.2, 0.25) is 0 Å². The molecule has 1 aliphatic heterocycles. The molecule has 1 saturated heterocycles. The second-order valence-electron chi connectivity index (χ2n) is 3.27. The lowest BCUT2D eigenvalue weighted by molar-refractivity contribution is 0.0950. The van der Waals surface area contributed by atoms with Crippen molar-refractivity contribution in [1.82, 2.24) is 0 Å². The van der Waals surface area contributed by atoms with Crippen LogP contribution in [0.4, 0.5) is 14.5 Å². The summed E-state index contributed by atoms with van der Waals surface area (Å²) in [6.07, 6.45) is -0.742. The van der Waals surface area contributed by atoms with E-state index >= 15 is 0 Å². The Morgan fingerprint density at radius 2 is 1.93 bits per heavy atom. The van der Waals surface area contributed by atoms with Crippen molar-refractivity contribution in [2.45, 2.75) is 12.4 Å². The number of hydrogen-bond acceptors (Lipinski definition) is 3. The summed E-state index contributed by atoms with van der Waals surface area (Å²) in [5.74, 6) is -1.25. The lowest BCUT2D eigenvalue weighted by Crippen LogP contribution is -1.99. The highest BCUT2D eigenvalue weighted by molar-refractivity contribution is 5.48. The molecule has 1 aliphatic rings. The summed E-state index contributed by atoms with van der Waals surface area (Å²) in [5.41, 5.74) is 0.323. The van der Waals surface area contributed by atoms with E-state index in [0.29, 0.717) is 5.56 Å². The average molecular weight is 215 g/mol. The number of ether oxygens (including phenoxy) is 2. The van der Waals surface area contributed by atoms with E-state index in [1.165, 1.54) is 26.3 Å². The summed E-state index contributed by atoms with van der Waals surface area (Å²) in [6, 6.07) is 2.50. The first-order chi connectivity index (χ1) is 7.17. The summed E-state index contributed by atoms with van der Waals surface area (Å²) in [5, 5.41) is 2.45. The predicted octanol–water partition coefficient (Wildman–Crippen LogP) is 2.05. The van der Waals surface area contributed by atoms with Gasteiger partial charge in [0, 0.05) is 14.2 Å². The van der Waals surface area contributed by atoms with E-state index in [9.17, 15) is 8.78 Å². The van der Waals surface area contributed by atoms with Crippen LogP contribution in [0.3, 0.4) is 0 Å². The minimum atomic E-state index is -0.627. The van der Waals surface area contributed by atoms with Gasteiger partial charge in [-0.25, -0.2) is 8.78 Å². The maximum atomic E-state index is 13.3. The number of methoxy groups -OCH3 is 1. The molecule has 0 aliphatic carbocycles. The van der Waals surface area contributed by atoms with Gasteiger partial charge in [-0.05, 0) is 17.7 Å². The Morgan fingerprint density at radius 1 is 1.33 bits per heavy atom. The van der Waals surface area contributed by atoms with Crippen molar-refractivity contribution in [3.05, 3.63) is 29.3 Å². The number of benzene rings is 1. The summed E-state index contributed by atoms with van der Waals surface area (Å²) in [6.45, 7) is 0. The Hall–Kier alpha value is -1.20. The highest BCUT2D eigenvalue weighted by Crippen LogP contribution is 2.40. The SMILES string of the molecule is CNc1c(F)cc(C2OC2OC)cc1F. The Labute approximate surface area is 86.0 Å². The van der Waals surface area contributed by atoms with Gasteiger partial charge >= 0.3 is 0 Å². The first-order valence-electron chi connectivity index (χ1n) is 4.52. The number of halogens is 2. The molecule has 2 rings (SSSR count). The van der Waals surface area contributed by atoms with E-state index in [1.54, 1.807) is 0 Å². The molecule has 1 N–H and O–H groups in total. The van der Waals surface area contributed by atoms with Gasteiger partial charge in [-0.3, -0.25) is 0 Å². The van der Waals surface area contributed by atoms with Crippen LogP contribution in [-0.4, -0.2) is 20.4 Å². The summed E-state index contributed by atoms with van der Waals surface area (Å²) < 4.78 is 36.6. The Kier molecular flexibility index (Phi) is 2.58. The molecule has 0 amide bonds. The number of rotatable bonds is 3. The molecular weight excluding hydrogens is 204 g/mol. The zero-order chi connectivity index (χ0) is 11.0. The van der Waals surface area contributed by atoms with Crippen molar-refractivity contribution in [2.75, 3.05) is 19.5 Å². The van der Waals surface area contributed by atoms with Gasteiger partial charge in [-0.1, -0.05) is 0 Å². The molecule has 1 heterocycles. The molecule has 1 aromatic rings. The fourth-order valence-electron chi connectivity index (χ4n) is 1.51. The highest BCUT2D eigenvalue weighted by atomic mass is 19.1. The summed E-state index contributed by atoms with van der Waals surface area (Å²) in [4.78, 5) is 0. The fraction of sp³-hybridized carbons (Fsp3) is 0.400. The maximum Gasteiger partial charge on any atom is 0.188 e. The lowest BCUT2D eigenvalue weighted by Gasteiger charge is -2.05. The van der Waals surface area contributed by atoms with Crippen molar-refractivity contribution >= 4 is 5.69 Å². The monoisotopic (exact) mass is 215 g/mol. The molecule has 1 aromatic carbocycles. The molecule has 5 heteroatoms. The Balaban J connectivity index is 2.28. The van der Waals surface area contributed by atoms with Gasteiger partial charge in [0.25, 0.3) is 0 Å². The predicted molar refractivity (Wildman–Crippen MR) is 50.5 cm³/mol. The molecule has 0 radical (unpaired) electrons. The van der Waals surface area contributed by atoms with Crippen LogP contribution in [0, 0.1) is 11.6 Å². The van der Waals surface area contributed by atoms with Crippen LogP contribution in [0.1, 0.15) is 11.7 Å².